The minimum absolute atomic E-state index is 0.701. The fourth-order valence-corrected chi connectivity index (χ4v) is 2.38. The molecule has 2 unspecified atom stereocenters. The highest BCUT2D eigenvalue weighted by atomic mass is 32.2. The fourth-order valence-electron chi connectivity index (χ4n) is 1.17. The second kappa shape index (κ2) is 7.93. The van der Waals surface area contributed by atoms with Crippen molar-refractivity contribution >= 4 is 11.8 Å². The third-order valence-electron chi connectivity index (χ3n) is 2.35. The van der Waals surface area contributed by atoms with E-state index in [9.17, 15) is 0 Å². The molecule has 0 aromatic carbocycles. The van der Waals surface area contributed by atoms with Crippen molar-refractivity contribution < 1.29 is 0 Å². The lowest BCUT2D eigenvalue weighted by molar-refractivity contribution is 0.420. The van der Waals surface area contributed by atoms with Crippen LogP contribution in [-0.2, 0) is 0 Å². The van der Waals surface area contributed by atoms with Crippen LogP contribution in [0.15, 0.2) is 0 Å². The molecule has 2 heteroatoms. The average molecular weight is 189 g/mol. The van der Waals surface area contributed by atoms with Crippen LogP contribution in [0.1, 0.15) is 33.6 Å². The molecule has 2 atom stereocenters. The van der Waals surface area contributed by atoms with Gasteiger partial charge in [0.25, 0.3) is 0 Å². The van der Waals surface area contributed by atoms with Crippen LogP contribution in [0.3, 0.4) is 0 Å². The highest BCUT2D eigenvalue weighted by molar-refractivity contribution is 7.99. The van der Waals surface area contributed by atoms with Crippen molar-refractivity contribution in [2.45, 2.75) is 39.7 Å². The van der Waals surface area contributed by atoms with Gasteiger partial charge in [0.15, 0.2) is 0 Å². The Morgan fingerprint density at radius 1 is 1.33 bits per heavy atom. The molecule has 1 N–H and O–H groups in total. The Labute approximate surface area is 81.7 Å². The van der Waals surface area contributed by atoms with Gasteiger partial charge in [0.05, 0.1) is 0 Å². The molecule has 0 saturated carbocycles. The molecule has 12 heavy (non-hydrogen) atoms. The lowest BCUT2D eigenvalue weighted by Crippen LogP contribution is -2.34. The van der Waals surface area contributed by atoms with E-state index >= 15 is 0 Å². The van der Waals surface area contributed by atoms with Gasteiger partial charge >= 0.3 is 0 Å². The Hall–Kier alpha value is 0.310. The number of hydrogen-bond acceptors (Lipinski definition) is 2. The van der Waals surface area contributed by atoms with Crippen LogP contribution >= 0.6 is 11.8 Å². The van der Waals surface area contributed by atoms with E-state index in [4.69, 9.17) is 0 Å². The van der Waals surface area contributed by atoms with Crippen molar-refractivity contribution in [3.05, 3.63) is 0 Å². The Morgan fingerprint density at radius 3 is 2.42 bits per heavy atom. The molecule has 0 aliphatic rings. The van der Waals surface area contributed by atoms with Crippen molar-refractivity contribution in [3.8, 4) is 0 Å². The third-order valence-corrected chi connectivity index (χ3v) is 3.64. The SMILES string of the molecule is CCCSCC(NC)C(C)CC. The zero-order valence-electron chi connectivity index (χ0n) is 8.89. The van der Waals surface area contributed by atoms with Crippen LogP contribution in [0.2, 0.25) is 0 Å². The number of rotatable bonds is 7. The molecule has 0 fully saturated rings. The maximum Gasteiger partial charge on any atom is 0.0180 e. The van der Waals surface area contributed by atoms with Crippen molar-refractivity contribution in [1.29, 1.82) is 0 Å². The van der Waals surface area contributed by atoms with Gasteiger partial charge in [0, 0.05) is 11.8 Å². The minimum Gasteiger partial charge on any atom is -0.316 e. The topological polar surface area (TPSA) is 12.0 Å². The van der Waals surface area contributed by atoms with Gasteiger partial charge in [-0.3, -0.25) is 0 Å². The number of thioether (sulfide) groups is 1. The normalized spacial score (nSPS) is 16.0. The molecule has 0 rings (SSSR count). The van der Waals surface area contributed by atoms with E-state index in [0.717, 1.165) is 5.92 Å². The van der Waals surface area contributed by atoms with Crippen LogP contribution in [0, 0.1) is 5.92 Å². The van der Waals surface area contributed by atoms with Crippen LogP contribution in [0.4, 0.5) is 0 Å². The largest absolute Gasteiger partial charge is 0.316 e. The highest BCUT2D eigenvalue weighted by Crippen LogP contribution is 2.13. The van der Waals surface area contributed by atoms with Gasteiger partial charge in [-0.2, -0.15) is 11.8 Å². The molecular weight excluding hydrogens is 166 g/mol. The molecular formula is C10H23NS. The van der Waals surface area contributed by atoms with E-state index in [2.05, 4.69) is 44.9 Å². The number of nitrogens with one attached hydrogen (secondary N) is 1. The molecule has 0 aliphatic heterocycles. The van der Waals surface area contributed by atoms with E-state index < -0.39 is 0 Å². The van der Waals surface area contributed by atoms with Gasteiger partial charge in [-0.25, -0.2) is 0 Å². The zero-order chi connectivity index (χ0) is 9.40. The standard InChI is InChI=1S/C10H23NS/c1-5-7-12-8-10(11-4)9(3)6-2/h9-11H,5-8H2,1-4H3. The van der Waals surface area contributed by atoms with Gasteiger partial charge in [0.1, 0.15) is 0 Å². The predicted molar refractivity (Wildman–Crippen MR) is 59.9 cm³/mol. The lowest BCUT2D eigenvalue weighted by Gasteiger charge is -2.21. The van der Waals surface area contributed by atoms with Crippen LogP contribution in [-0.4, -0.2) is 24.6 Å². The van der Waals surface area contributed by atoms with Crippen LogP contribution in [0.25, 0.3) is 0 Å². The van der Waals surface area contributed by atoms with Gasteiger partial charge < -0.3 is 5.32 Å². The molecule has 1 nitrogen and oxygen atoms in total. The summed E-state index contributed by atoms with van der Waals surface area (Å²) in [7, 11) is 2.07. The Bertz CT molecular complexity index is 95.8. The summed E-state index contributed by atoms with van der Waals surface area (Å²) in [6.07, 6.45) is 2.57. The second-order valence-corrected chi connectivity index (χ2v) is 4.51. The molecule has 0 amide bonds. The molecule has 0 heterocycles. The first-order chi connectivity index (χ1) is 5.76. The van der Waals surface area contributed by atoms with Gasteiger partial charge in [-0.05, 0) is 25.1 Å². The maximum atomic E-state index is 3.39. The van der Waals surface area contributed by atoms with Crippen molar-refractivity contribution in [1.82, 2.24) is 5.32 Å². The summed E-state index contributed by atoms with van der Waals surface area (Å²) in [5.41, 5.74) is 0. The number of hydrogen-bond donors (Lipinski definition) is 1. The summed E-state index contributed by atoms with van der Waals surface area (Å²) in [5, 5.41) is 3.39. The van der Waals surface area contributed by atoms with E-state index in [0.29, 0.717) is 6.04 Å². The Kier molecular flexibility index (Phi) is 8.14. The predicted octanol–water partition coefficient (Wildman–Crippen LogP) is 2.76. The summed E-state index contributed by atoms with van der Waals surface area (Å²) in [6, 6.07) is 0.701. The van der Waals surface area contributed by atoms with Crippen molar-refractivity contribution in [3.63, 3.8) is 0 Å². The maximum absolute atomic E-state index is 3.39. The van der Waals surface area contributed by atoms with E-state index in [-0.39, 0.29) is 0 Å². The Balaban J connectivity index is 3.52. The summed E-state index contributed by atoms with van der Waals surface area (Å²) < 4.78 is 0. The van der Waals surface area contributed by atoms with E-state index in [1.54, 1.807) is 0 Å². The summed E-state index contributed by atoms with van der Waals surface area (Å²) in [5.74, 6) is 3.37. The van der Waals surface area contributed by atoms with Crippen molar-refractivity contribution in [2.75, 3.05) is 18.6 Å². The van der Waals surface area contributed by atoms with Crippen LogP contribution in [0.5, 0.6) is 0 Å². The third kappa shape index (κ3) is 5.04. The Morgan fingerprint density at radius 2 is 2.00 bits per heavy atom. The van der Waals surface area contributed by atoms with Crippen molar-refractivity contribution in [2.24, 2.45) is 5.92 Å². The minimum atomic E-state index is 0.701. The first-order valence-electron chi connectivity index (χ1n) is 5.01. The molecule has 0 aromatic rings. The zero-order valence-corrected chi connectivity index (χ0v) is 9.71. The first kappa shape index (κ1) is 12.3. The first-order valence-corrected chi connectivity index (χ1v) is 6.16. The van der Waals surface area contributed by atoms with E-state index in [1.165, 1.54) is 24.3 Å². The van der Waals surface area contributed by atoms with Crippen LogP contribution < -0.4 is 5.32 Å². The molecule has 74 valence electrons. The molecule has 0 radical (unpaired) electrons. The molecule has 0 aromatic heterocycles. The molecule has 0 bridgehead atoms. The van der Waals surface area contributed by atoms with Gasteiger partial charge in [-0.1, -0.05) is 27.2 Å². The summed E-state index contributed by atoms with van der Waals surface area (Å²) in [6.45, 7) is 6.83. The molecule has 0 spiro atoms. The quantitative estimate of drug-likeness (QED) is 0.618. The fraction of sp³-hybridized carbons (Fsp3) is 1.00. The van der Waals surface area contributed by atoms with Gasteiger partial charge in [-0.15, -0.1) is 0 Å². The molecule has 0 aliphatic carbocycles. The second-order valence-electron chi connectivity index (χ2n) is 3.36. The summed E-state index contributed by atoms with van der Waals surface area (Å²) in [4.78, 5) is 0. The smallest absolute Gasteiger partial charge is 0.0180 e. The lowest BCUT2D eigenvalue weighted by atomic mass is 10.0. The highest BCUT2D eigenvalue weighted by Gasteiger charge is 2.12. The summed E-state index contributed by atoms with van der Waals surface area (Å²) >= 11 is 2.07. The monoisotopic (exact) mass is 189 g/mol. The average Bonchev–Trinajstić information content (AvgIpc) is 2.11. The van der Waals surface area contributed by atoms with Gasteiger partial charge in [0.2, 0.25) is 0 Å². The molecule has 0 saturated heterocycles. The van der Waals surface area contributed by atoms with E-state index in [1.807, 2.05) is 0 Å².